The van der Waals surface area contributed by atoms with E-state index in [0.717, 1.165) is 77.5 Å². The molecule has 5 aliphatic heterocycles. The molecule has 5 heterocycles. The fourth-order valence-corrected chi connectivity index (χ4v) is 18.8. The number of imide groups is 4. The van der Waals surface area contributed by atoms with Gasteiger partial charge in [-0.25, -0.2) is 19.2 Å². The van der Waals surface area contributed by atoms with Crippen LogP contribution in [0.3, 0.4) is 0 Å². The van der Waals surface area contributed by atoms with Crippen LogP contribution in [0.1, 0.15) is 210 Å². The molecular weight excluding hydrogens is 1710 g/mol. The monoisotopic (exact) mass is 1810 g/mol. The number of carboxylic acids is 3. The lowest BCUT2D eigenvalue weighted by atomic mass is 9.77. The highest BCUT2D eigenvalue weighted by Crippen LogP contribution is 2.48. The van der Waals surface area contributed by atoms with Gasteiger partial charge in [0, 0.05) is 52.7 Å². The summed E-state index contributed by atoms with van der Waals surface area (Å²) in [5.41, 5.74) is 4.12. The van der Waals surface area contributed by atoms with Crippen LogP contribution >= 0.6 is 46.4 Å². The Labute approximate surface area is 735 Å². The molecule has 12 atom stereocenters. The van der Waals surface area contributed by atoms with Crippen LogP contribution < -0.4 is 9.47 Å². The molecule has 3 N–H and O–H groups in total. The minimum absolute atomic E-state index is 0.0415. The fraction of sp³-hybridized carbons (Fsp3) is 0.538. The number of rotatable bonds is 32. The van der Waals surface area contributed by atoms with Gasteiger partial charge in [0.2, 0.25) is 47.3 Å². The first-order chi connectivity index (χ1) is 58.7. The Bertz CT molecular complexity index is 4650. The molecule has 124 heavy (non-hydrogen) atoms. The maximum atomic E-state index is 13.9. The first-order valence-electron chi connectivity index (χ1n) is 42.3. The summed E-state index contributed by atoms with van der Waals surface area (Å²) in [6, 6.07) is 26.1. The fourth-order valence-electron chi connectivity index (χ4n) is 18.0. The topological polar surface area (TPSA) is 306 Å². The van der Waals surface area contributed by atoms with Crippen LogP contribution in [0.4, 0.5) is 30.7 Å². The average molecular weight is 1820 g/mol. The Morgan fingerprint density at radius 1 is 0.468 bits per heavy atom. The Kier molecular flexibility index (Phi) is 35.2. The summed E-state index contributed by atoms with van der Waals surface area (Å²) >= 11 is 24.0. The molecule has 2 aliphatic carbocycles. The Balaban J connectivity index is 0.000000188. The van der Waals surface area contributed by atoms with Crippen LogP contribution in [0, 0.1) is 53.3 Å². The van der Waals surface area contributed by atoms with Gasteiger partial charge in [0.15, 0.2) is 11.5 Å². The molecular formula is C91H105Cl4F7N4O18. The van der Waals surface area contributed by atoms with Crippen molar-refractivity contribution in [1.29, 1.82) is 0 Å². The highest BCUT2D eigenvalue weighted by Gasteiger charge is 2.60. The average Bonchev–Trinajstić information content (AvgIpc) is 0.823. The standard InChI is InChI=1S/C24H29ClF3NO4.C24H23ClFNO6.C22H25ClF3NO4.C21H28ClNO4/c1-2-33-23(32)21-18(12-11-15-7-6-10-17(25)13-15)22(31)29(21)20(30)14-19(24(26,27)28)16-8-4-3-5-9-16;1-13(15-7-9-18-19(12-15)33-24(2,26)32-18)10-20(28)27-21(23(30)31)17(22(27)29)8-6-14-4-3-5-16(25)11-14;23-17-9-5-4-8-14(17)10-11-15-19(21(30)31)27(20(15)29)18(28)12-16(22(24,25)26)13-6-2-1-3-7-13;1-3-6-14(7-4-2)13-18(24)23-19(21(26)27)17(20(23)25)11-10-15-8-5-9-16(22)12-15/h6-7,10,13,16,18-19,21H,2-5,8-9,11-12,14H2,1H3;3-5,7,9,11-13,17,21H,6,8,10H2,1-2H3,(H,30,31);4-5,8-9,13,15-16,19H,1-3,6-7,10-12H2,(H,30,31);5,8-9,12,14,17,19H,3-4,6-7,10-11,13H2,1-2H3,(H,26,27)/t18-,19+,21+;13-,17+,21-,24?;15-,16+,19+;17-,19+/m1011/s1. The summed E-state index contributed by atoms with van der Waals surface area (Å²) in [5, 5.41) is 30.9. The predicted octanol–water partition coefficient (Wildman–Crippen LogP) is 18.8. The highest BCUT2D eigenvalue weighted by molar-refractivity contribution is 6.32. The molecule has 0 radical (unpaired) electrons. The van der Waals surface area contributed by atoms with E-state index in [1.165, 1.54) is 0 Å². The van der Waals surface area contributed by atoms with Crippen molar-refractivity contribution in [2.24, 2.45) is 53.3 Å². The number of hydrogen-bond acceptors (Lipinski definition) is 15. The molecule has 7 aliphatic rings. The van der Waals surface area contributed by atoms with Gasteiger partial charge in [-0.05, 0) is 190 Å². The van der Waals surface area contributed by atoms with E-state index >= 15 is 0 Å². The highest BCUT2D eigenvalue weighted by atomic mass is 35.5. The smallest absolute Gasteiger partial charge is 0.404 e. The van der Waals surface area contributed by atoms with Crippen LogP contribution in [-0.4, -0.2) is 155 Å². The second kappa shape index (κ2) is 44.3. The van der Waals surface area contributed by atoms with Crippen LogP contribution in [0.15, 0.2) is 115 Å². The number of esters is 1. The summed E-state index contributed by atoms with van der Waals surface area (Å²) in [4.78, 5) is 152. The Hall–Kier alpha value is -9.19. The number of amides is 8. The van der Waals surface area contributed by atoms with Crippen LogP contribution in [0.2, 0.25) is 20.1 Å². The van der Waals surface area contributed by atoms with Crippen molar-refractivity contribution >= 4 is 118 Å². The van der Waals surface area contributed by atoms with Crippen molar-refractivity contribution in [3.05, 3.63) is 163 Å². The van der Waals surface area contributed by atoms with E-state index in [9.17, 15) is 104 Å². The molecule has 33 heteroatoms. The number of fused-ring (bicyclic) bond motifs is 1. The third-order valence-electron chi connectivity index (χ3n) is 24.3. The van der Waals surface area contributed by atoms with E-state index < -0.39 is 162 Å². The van der Waals surface area contributed by atoms with Crippen molar-refractivity contribution in [1.82, 2.24) is 19.6 Å². The first-order valence-corrected chi connectivity index (χ1v) is 43.8. The van der Waals surface area contributed by atoms with Crippen molar-refractivity contribution in [3.63, 3.8) is 0 Å². The zero-order valence-electron chi connectivity index (χ0n) is 69.6. The number of carboxylic acid groups (broad SMARTS) is 3. The maximum absolute atomic E-state index is 13.9. The number of carbonyl (C=O) groups is 12. The van der Waals surface area contributed by atoms with Gasteiger partial charge in [-0.1, -0.05) is 192 Å². The molecule has 8 amide bonds. The quantitative estimate of drug-likeness (QED) is 0.0205. The number of aliphatic carboxylic acids is 3. The van der Waals surface area contributed by atoms with E-state index in [0.29, 0.717) is 125 Å². The van der Waals surface area contributed by atoms with Gasteiger partial charge in [0.05, 0.1) is 42.1 Å². The number of hydrogen-bond donors (Lipinski definition) is 3. The molecule has 0 spiro atoms. The number of benzene rings is 5. The van der Waals surface area contributed by atoms with Crippen molar-refractivity contribution in [3.8, 4) is 11.5 Å². The van der Waals surface area contributed by atoms with Gasteiger partial charge >= 0.3 is 42.3 Å². The van der Waals surface area contributed by atoms with Crippen LogP contribution in [-0.2, 0) is 88.0 Å². The maximum Gasteiger partial charge on any atom is 0.404 e. The number of β-lactam (4-membered cyclic amide) rings is 4. The largest absolute Gasteiger partial charge is 0.480 e. The van der Waals surface area contributed by atoms with Gasteiger partial charge in [-0.2, -0.15) is 30.7 Å². The molecule has 5 aromatic rings. The molecule has 0 aromatic heterocycles. The summed E-state index contributed by atoms with van der Waals surface area (Å²) in [6.07, 6.45) is 2.10. The molecule has 5 aromatic carbocycles. The zero-order chi connectivity index (χ0) is 90.8. The van der Waals surface area contributed by atoms with E-state index in [1.807, 2.05) is 30.3 Å². The lowest BCUT2D eigenvalue weighted by Gasteiger charge is -2.44. The summed E-state index contributed by atoms with van der Waals surface area (Å²) in [7, 11) is 0. The number of nitrogens with zero attached hydrogens (tertiary/aromatic N) is 4. The minimum atomic E-state index is -4.58. The third-order valence-corrected chi connectivity index (χ3v) is 25.4. The van der Waals surface area contributed by atoms with E-state index in [4.69, 9.17) is 60.6 Å². The first kappa shape index (κ1) is 98.6. The third kappa shape index (κ3) is 25.4. The molecule has 4 saturated heterocycles. The number of aryl methyl sites for hydroxylation is 4. The molecule has 0 bridgehead atoms. The predicted molar refractivity (Wildman–Crippen MR) is 445 cm³/mol. The number of ether oxygens (including phenoxy) is 3. The normalized spacial score (nSPS) is 22.5. The summed E-state index contributed by atoms with van der Waals surface area (Å²) in [6.45, 7) is 8.67. The van der Waals surface area contributed by atoms with Crippen LogP contribution in [0.5, 0.6) is 11.5 Å². The number of likely N-dealkylation sites (tertiary alicyclic amines) is 4. The van der Waals surface area contributed by atoms with Gasteiger partial charge in [-0.15, -0.1) is 0 Å². The summed E-state index contributed by atoms with van der Waals surface area (Å²) < 4.78 is 111. The minimum Gasteiger partial charge on any atom is -0.480 e. The lowest BCUT2D eigenvalue weighted by Crippen LogP contribution is -2.67. The molecule has 22 nitrogen and oxygen atoms in total. The zero-order valence-corrected chi connectivity index (χ0v) is 72.6. The second-order valence-corrected chi connectivity index (χ2v) is 34.7. The molecule has 12 rings (SSSR count). The van der Waals surface area contributed by atoms with E-state index in [-0.39, 0.29) is 67.4 Å². The van der Waals surface area contributed by atoms with Gasteiger partial charge in [0.25, 0.3) is 0 Å². The van der Waals surface area contributed by atoms with Gasteiger partial charge in [0.1, 0.15) is 24.2 Å². The number of carbonyl (C=O) groups excluding carboxylic acids is 9. The SMILES string of the molecule is CCCC(CCC)CC(=O)N1C(=O)[C@H](CCc2cccc(Cl)c2)[C@H]1C(=O)O.CCOC(=O)[C@@H]1[C@@H](CCc2cccc(Cl)c2)C(=O)N1C(=O)C[C@@H](C1CCCCC1)C(F)(F)F.C[C@@H](CC(=O)N1C(=O)[C@H](CCc2cccc(Cl)c2)[C@H]1C(=O)O)c1ccc2c(c1)OC(C)(F)O2.O=C(O)[C@@H]1[C@@H](CCc2ccccc2Cl)C(=O)N1C(=O)C[C@@H](C1CCCCC1)C(F)(F)F. The van der Waals surface area contributed by atoms with Crippen molar-refractivity contribution in [2.75, 3.05) is 6.61 Å². The Morgan fingerprint density at radius 3 is 1.20 bits per heavy atom. The summed E-state index contributed by atoms with van der Waals surface area (Å²) in [5.74, 6) is -17.4. The lowest BCUT2D eigenvalue weighted by molar-refractivity contribution is -0.201. The van der Waals surface area contributed by atoms with Gasteiger partial charge in [-0.3, -0.25) is 58.0 Å². The van der Waals surface area contributed by atoms with Gasteiger partial charge < -0.3 is 29.5 Å². The molecule has 2 saturated carbocycles. The van der Waals surface area contributed by atoms with E-state index in [1.54, 1.807) is 98.8 Å². The van der Waals surface area contributed by atoms with Crippen LogP contribution in [0.25, 0.3) is 0 Å². The van der Waals surface area contributed by atoms with Crippen molar-refractivity contribution < 1.29 is 118 Å². The number of halogens is 11. The second-order valence-electron chi connectivity index (χ2n) is 33.0. The van der Waals surface area contributed by atoms with E-state index in [2.05, 4.69) is 13.8 Å². The van der Waals surface area contributed by atoms with Crippen molar-refractivity contribution in [2.45, 2.75) is 250 Å². The number of alkyl halides is 7. The Morgan fingerprint density at radius 2 is 0.831 bits per heavy atom. The molecule has 674 valence electrons. The molecule has 6 fully saturated rings. The molecule has 1 unspecified atom stereocenters.